The molecule has 4 rings (SSSR count). The SMILES string of the molecule is CC1(C)CCC2(CC1)NC[C@H](c1ccnc(Cl)c1F)C2C(=O)Nc1cccc(Cl)c1. The van der Waals surface area contributed by atoms with Gasteiger partial charge in [0, 0.05) is 34.9 Å². The van der Waals surface area contributed by atoms with Crippen LogP contribution in [0, 0.1) is 17.2 Å². The van der Waals surface area contributed by atoms with Crippen molar-refractivity contribution in [2.45, 2.75) is 51.0 Å². The van der Waals surface area contributed by atoms with Crippen molar-refractivity contribution in [2.75, 3.05) is 11.9 Å². The summed E-state index contributed by atoms with van der Waals surface area (Å²) in [6, 6.07) is 8.72. The average Bonchev–Trinajstić information content (AvgIpc) is 3.06. The normalized spacial score (nSPS) is 24.7. The molecule has 1 aliphatic carbocycles. The maximum Gasteiger partial charge on any atom is 0.230 e. The van der Waals surface area contributed by atoms with Crippen LogP contribution in [0.15, 0.2) is 36.5 Å². The van der Waals surface area contributed by atoms with Crippen molar-refractivity contribution in [2.24, 2.45) is 11.3 Å². The van der Waals surface area contributed by atoms with Crippen LogP contribution in [0.25, 0.3) is 0 Å². The monoisotopic (exact) mass is 449 g/mol. The maximum absolute atomic E-state index is 14.9. The summed E-state index contributed by atoms with van der Waals surface area (Å²) in [6.45, 7) is 5.04. The third-order valence-electron chi connectivity index (χ3n) is 6.82. The van der Waals surface area contributed by atoms with Gasteiger partial charge in [0.15, 0.2) is 11.0 Å². The molecular weight excluding hydrogens is 424 g/mol. The zero-order chi connectivity index (χ0) is 21.5. The van der Waals surface area contributed by atoms with Crippen LogP contribution in [0.4, 0.5) is 10.1 Å². The number of pyridine rings is 1. The van der Waals surface area contributed by atoms with Crippen LogP contribution in [0.5, 0.6) is 0 Å². The lowest BCUT2D eigenvalue weighted by molar-refractivity contribution is -0.122. The second-order valence-corrected chi connectivity index (χ2v) is 10.1. The standard InChI is InChI=1S/C23H26Cl2FN3O/c1-22(2)7-9-23(10-8-22)18(21(30)29-15-5-3-4-14(24)12-15)17(13-28-23)16-6-11-27-20(25)19(16)26/h3-6,11-12,17-18,28H,7-10,13H2,1-2H3,(H,29,30)/t17-,18?/m1/s1. The van der Waals surface area contributed by atoms with Gasteiger partial charge >= 0.3 is 0 Å². The molecule has 2 heterocycles. The van der Waals surface area contributed by atoms with Gasteiger partial charge in [-0.05, 0) is 60.9 Å². The largest absolute Gasteiger partial charge is 0.326 e. The molecule has 2 N–H and O–H groups in total. The van der Waals surface area contributed by atoms with Gasteiger partial charge in [0.25, 0.3) is 0 Å². The number of aromatic nitrogens is 1. The van der Waals surface area contributed by atoms with E-state index in [-0.39, 0.29) is 27.9 Å². The molecule has 1 saturated carbocycles. The number of rotatable bonds is 3. The first-order valence-corrected chi connectivity index (χ1v) is 11.1. The Labute approximate surface area is 186 Å². The molecule has 160 valence electrons. The summed E-state index contributed by atoms with van der Waals surface area (Å²) in [5.41, 5.74) is 0.947. The highest BCUT2D eigenvalue weighted by molar-refractivity contribution is 6.31. The molecule has 2 fully saturated rings. The highest BCUT2D eigenvalue weighted by Crippen LogP contribution is 2.51. The van der Waals surface area contributed by atoms with Gasteiger partial charge in [0.1, 0.15) is 0 Å². The number of anilines is 1. The van der Waals surface area contributed by atoms with E-state index in [9.17, 15) is 9.18 Å². The van der Waals surface area contributed by atoms with E-state index in [1.165, 1.54) is 6.20 Å². The molecular formula is C23H26Cl2FN3O. The van der Waals surface area contributed by atoms with Crippen molar-refractivity contribution in [1.82, 2.24) is 10.3 Å². The number of hydrogen-bond acceptors (Lipinski definition) is 3. The van der Waals surface area contributed by atoms with Gasteiger partial charge in [0.2, 0.25) is 5.91 Å². The molecule has 1 amide bonds. The van der Waals surface area contributed by atoms with Crippen LogP contribution in [-0.2, 0) is 4.79 Å². The number of benzene rings is 1. The van der Waals surface area contributed by atoms with Gasteiger partial charge in [-0.25, -0.2) is 9.37 Å². The number of halogens is 3. The first-order valence-electron chi connectivity index (χ1n) is 10.3. The molecule has 0 bridgehead atoms. The zero-order valence-corrected chi connectivity index (χ0v) is 18.7. The average molecular weight is 450 g/mol. The lowest BCUT2D eigenvalue weighted by atomic mass is 9.63. The van der Waals surface area contributed by atoms with Crippen molar-refractivity contribution in [3.05, 3.63) is 58.1 Å². The summed E-state index contributed by atoms with van der Waals surface area (Å²) in [4.78, 5) is 17.4. The van der Waals surface area contributed by atoms with Crippen LogP contribution in [0.1, 0.15) is 51.0 Å². The van der Waals surface area contributed by atoms with E-state index in [4.69, 9.17) is 23.2 Å². The molecule has 1 aromatic carbocycles. The molecule has 2 atom stereocenters. The minimum Gasteiger partial charge on any atom is -0.326 e. The number of amides is 1. The van der Waals surface area contributed by atoms with Crippen LogP contribution in [-0.4, -0.2) is 23.0 Å². The first-order chi connectivity index (χ1) is 14.2. The molecule has 7 heteroatoms. The fourth-order valence-electron chi connectivity index (χ4n) is 5.01. The Morgan fingerprint density at radius 3 is 2.63 bits per heavy atom. The second-order valence-electron chi connectivity index (χ2n) is 9.29. The predicted octanol–water partition coefficient (Wildman–Crippen LogP) is 5.81. The number of carbonyl (C=O) groups excluding carboxylic acids is 1. The molecule has 1 saturated heterocycles. The quantitative estimate of drug-likeness (QED) is 0.581. The molecule has 2 aromatic rings. The van der Waals surface area contributed by atoms with E-state index in [1.807, 2.05) is 6.07 Å². The summed E-state index contributed by atoms with van der Waals surface area (Å²) in [5.74, 6) is -1.43. The maximum atomic E-state index is 14.9. The summed E-state index contributed by atoms with van der Waals surface area (Å²) in [5, 5.41) is 7.02. The van der Waals surface area contributed by atoms with Gasteiger partial charge in [0.05, 0.1) is 5.92 Å². The fourth-order valence-corrected chi connectivity index (χ4v) is 5.37. The molecule has 4 nitrogen and oxygen atoms in total. The molecule has 1 aliphatic heterocycles. The minimum absolute atomic E-state index is 0.126. The second kappa shape index (κ2) is 8.10. The Balaban J connectivity index is 1.70. The van der Waals surface area contributed by atoms with E-state index >= 15 is 0 Å². The van der Waals surface area contributed by atoms with E-state index in [0.717, 1.165) is 25.7 Å². The zero-order valence-electron chi connectivity index (χ0n) is 17.1. The summed E-state index contributed by atoms with van der Waals surface area (Å²) < 4.78 is 14.9. The lowest BCUT2D eigenvalue weighted by Gasteiger charge is -2.45. The fraction of sp³-hybridized carbons (Fsp3) is 0.478. The Kier molecular flexibility index (Phi) is 5.82. The highest BCUT2D eigenvalue weighted by atomic mass is 35.5. The highest BCUT2D eigenvalue weighted by Gasteiger charge is 2.54. The van der Waals surface area contributed by atoms with Gasteiger partial charge in [-0.2, -0.15) is 0 Å². The van der Waals surface area contributed by atoms with Crippen molar-refractivity contribution < 1.29 is 9.18 Å². The number of nitrogens with zero attached hydrogens (tertiary/aromatic N) is 1. The summed E-state index contributed by atoms with van der Waals surface area (Å²) in [6.07, 6.45) is 5.25. The van der Waals surface area contributed by atoms with E-state index in [2.05, 4.69) is 29.5 Å². The predicted molar refractivity (Wildman–Crippen MR) is 119 cm³/mol. The van der Waals surface area contributed by atoms with Crippen LogP contribution in [0.2, 0.25) is 10.2 Å². The van der Waals surface area contributed by atoms with E-state index in [0.29, 0.717) is 22.8 Å². The van der Waals surface area contributed by atoms with E-state index < -0.39 is 11.7 Å². The van der Waals surface area contributed by atoms with Crippen molar-refractivity contribution in [3.63, 3.8) is 0 Å². The number of nitrogens with one attached hydrogen (secondary N) is 2. The molecule has 30 heavy (non-hydrogen) atoms. The van der Waals surface area contributed by atoms with Gasteiger partial charge in [-0.1, -0.05) is 43.1 Å². The molecule has 0 radical (unpaired) electrons. The molecule has 1 unspecified atom stereocenters. The van der Waals surface area contributed by atoms with Gasteiger partial charge < -0.3 is 10.6 Å². The first kappa shape index (κ1) is 21.5. The summed E-state index contributed by atoms with van der Waals surface area (Å²) in [7, 11) is 0. The van der Waals surface area contributed by atoms with Gasteiger partial charge in [-0.15, -0.1) is 0 Å². The van der Waals surface area contributed by atoms with Crippen molar-refractivity contribution in [3.8, 4) is 0 Å². The third kappa shape index (κ3) is 4.08. The number of hydrogen-bond donors (Lipinski definition) is 2. The molecule has 1 aromatic heterocycles. The Hall–Kier alpha value is -1.69. The van der Waals surface area contributed by atoms with Crippen LogP contribution >= 0.6 is 23.2 Å². The Morgan fingerprint density at radius 2 is 1.93 bits per heavy atom. The minimum atomic E-state index is -0.542. The lowest BCUT2D eigenvalue weighted by Crippen LogP contribution is -2.52. The van der Waals surface area contributed by atoms with Crippen molar-refractivity contribution >= 4 is 34.8 Å². The van der Waals surface area contributed by atoms with E-state index in [1.54, 1.807) is 24.3 Å². The Bertz CT molecular complexity index is 955. The smallest absolute Gasteiger partial charge is 0.230 e. The van der Waals surface area contributed by atoms with Gasteiger partial charge in [-0.3, -0.25) is 4.79 Å². The summed E-state index contributed by atoms with van der Waals surface area (Å²) >= 11 is 12.0. The topological polar surface area (TPSA) is 54.0 Å². The van der Waals surface area contributed by atoms with Crippen LogP contribution in [0.3, 0.4) is 0 Å². The third-order valence-corrected chi connectivity index (χ3v) is 7.32. The number of carbonyl (C=O) groups is 1. The van der Waals surface area contributed by atoms with Crippen LogP contribution < -0.4 is 10.6 Å². The molecule has 2 aliphatic rings. The van der Waals surface area contributed by atoms with Crippen molar-refractivity contribution in [1.29, 1.82) is 0 Å². The molecule has 1 spiro atoms. The Morgan fingerprint density at radius 1 is 1.20 bits per heavy atom.